The molecule has 0 heterocycles. The van der Waals surface area contributed by atoms with Gasteiger partial charge in [0.15, 0.2) is 0 Å². The monoisotopic (exact) mass is 270 g/mol. The van der Waals surface area contributed by atoms with Crippen molar-refractivity contribution in [2.24, 2.45) is 10.8 Å². The summed E-state index contributed by atoms with van der Waals surface area (Å²) in [4.78, 5) is 6.91. The molecule has 1 fully saturated rings. The molecule has 19 heavy (non-hydrogen) atoms. The SMILES string of the molecule is CCOCCCN=C(NN)N(CC)C1CCCCC1. The highest BCUT2D eigenvalue weighted by atomic mass is 16.5. The molecule has 1 aliphatic carbocycles. The molecule has 0 saturated heterocycles. The molecule has 1 aliphatic rings. The number of ether oxygens (including phenoxy) is 1. The van der Waals surface area contributed by atoms with Crippen LogP contribution in [0.3, 0.4) is 0 Å². The summed E-state index contributed by atoms with van der Waals surface area (Å²) in [5.41, 5.74) is 2.78. The summed E-state index contributed by atoms with van der Waals surface area (Å²) in [6.07, 6.45) is 7.47. The highest BCUT2D eigenvalue weighted by Gasteiger charge is 2.22. The minimum atomic E-state index is 0.598. The third-order valence-corrected chi connectivity index (χ3v) is 3.67. The van der Waals surface area contributed by atoms with E-state index in [0.29, 0.717) is 6.04 Å². The van der Waals surface area contributed by atoms with Gasteiger partial charge in [-0.1, -0.05) is 19.3 Å². The van der Waals surface area contributed by atoms with Crippen LogP contribution in [0, 0.1) is 0 Å². The van der Waals surface area contributed by atoms with Gasteiger partial charge in [-0.2, -0.15) is 0 Å². The maximum absolute atomic E-state index is 5.64. The van der Waals surface area contributed by atoms with Crippen LogP contribution in [0.25, 0.3) is 0 Å². The largest absolute Gasteiger partial charge is 0.382 e. The molecule has 0 aromatic rings. The van der Waals surface area contributed by atoms with Gasteiger partial charge in [-0.05, 0) is 33.1 Å². The van der Waals surface area contributed by atoms with Gasteiger partial charge < -0.3 is 9.64 Å². The number of hydrogen-bond acceptors (Lipinski definition) is 3. The molecule has 112 valence electrons. The van der Waals surface area contributed by atoms with Crippen molar-refractivity contribution in [3.63, 3.8) is 0 Å². The molecule has 0 unspecified atom stereocenters. The zero-order valence-corrected chi connectivity index (χ0v) is 12.5. The molecule has 5 heteroatoms. The van der Waals surface area contributed by atoms with Crippen molar-refractivity contribution in [3.05, 3.63) is 0 Å². The highest BCUT2D eigenvalue weighted by Crippen LogP contribution is 2.22. The van der Waals surface area contributed by atoms with Gasteiger partial charge in [-0.15, -0.1) is 0 Å². The Balaban J connectivity index is 2.46. The zero-order valence-electron chi connectivity index (χ0n) is 12.5. The van der Waals surface area contributed by atoms with Crippen molar-refractivity contribution in [1.29, 1.82) is 0 Å². The number of nitrogens with zero attached hydrogens (tertiary/aromatic N) is 2. The van der Waals surface area contributed by atoms with Crippen molar-refractivity contribution in [3.8, 4) is 0 Å². The molecule has 0 radical (unpaired) electrons. The minimum absolute atomic E-state index is 0.598. The summed E-state index contributed by atoms with van der Waals surface area (Å²) in [7, 11) is 0. The quantitative estimate of drug-likeness (QED) is 0.244. The summed E-state index contributed by atoms with van der Waals surface area (Å²) in [6, 6.07) is 0.598. The third-order valence-electron chi connectivity index (χ3n) is 3.67. The smallest absolute Gasteiger partial charge is 0.208 e. The summed E-state index contributed by atoms with van der Waals surface area (Å²) in [5.74, 6) is 6.48. The molecule has 1 saturated carbocycles. The minimum Gasteiger partial charge on any atom is -0.382 e. The van der Waals surface area contributed by atoms with Gasteiger partial charge in [-0.25, -0.2) is 5.84 Å². The van der Waals surface area contributed by atoms with Crippen LogP contribution in [-0.4, -0.2) is 43.2 Å². The van der Waals surface area contributed by atoms with E-state index in [1.807, 2.05) is 6.92 Å². The van der Waals surface area contributed by atoms with Crippen LogP contribution in [0.4, 0.5) is 0 Å². The van der Waals surface area contributed by atoms with Crippen molar-refractivity contribution >= 4 is 5.96 Å². The number of nitrogens with two attached hydrogens (primary N) is 1. The zero-order chi connectivity index (χ0) is 13.9. The fourth-order valence-electron chi connectivity index (χ4n) is 2.69. The lowest BCUT2D eigenvalue weighted by molar-refractivity contribution is 0.146. The second-order valence-corrected chi connectivity index (χ2v) is 4.98. The standard InChI is InChI=1S/C14H30N4O/c1-3-18(13-9-6-5-7-10-13)14(17-15)16-11-8-12-19-4-2/h13H,3-12,15H2,1-2H3,(H,16,17). The summed E-state index contributed by atoms with van der Waals surface area (Å²) >= 11 is 0. The van der Waals surface area contributed by atoms with E-state index in [4.69, 9.17) is 10.6 Å². The number of hydrogen-bond donors (Lipinski definition) is 2. The molecule has 0 aromatic carbocycles. The molecule has 0 spiro atoms. The first kappa shape index (κ1) is 16.2. The topological polar surface area (TPSA) is 62.9 Å². The van der Waals surface area contributed by atoms with Crippen LogP contribution >= 0.6 is 0 Å². The van der Waals surface area contributed by atoms with Crippen LogP contribution < -0.4 is 11.3 Å². The lowest BCUT2D eigenvalue weighted by atomic mass is 9.94. The second kappa shape index (κ2) is 10.0. The van der Waals surface area contributed by atoms with Crippen LogP contribution in [0.15, 0.2) is 4.99 Å². The predicted octanol–water partition coefficient (Wildman–Crippen LogP) is 1.89. The third kappa shape index (κ3) is 5.78. The van der Waals surface area contributed by atoms with Gasteiger partial charge in [0.05, 0.1) is 0 Å². The van der Waals surface area contributed by atoms with Gasteiger partial charge in [0.25, 0.3) is 0 Å². The fourth-order valence-corrected chi connectivity index (χ4v) is 2.69. The Hall–Kier alpha value is -0.810. The Morgan fingerprint density at radius 1 is 1.32 bits per heavy atom. The van der Waals surface area contributed by atoms with Gasteiger partial charge in [0.2, 0.25) is 5.96 Å². The molecule has 1 rings (SSSR count). The molecular weight excluding hydrogens is 240 g/mol. The average molecular weight is 270 g/mol. The van der Waals surface area contributed by atoms with Gasteiger partial charge in [0.1, 0.15) is 0 Å². The number of rotatable bonds is 7. The highest BCUT2D eigenvalue weighted by molar-refractivity contribution is 5.79. The summed E-state index contributed by atoms with van der Waals surface area (Å²) in [6.45, 7) is 7.45. The molecule has 0 aliphatic heterocycles. The van der Waals surface area contributed by atoms with Crippen LogP contribution in [0.1, 0.15) is 52.4 Å². The van der Waals surface area contributed by atoms with Crippen molar-refractivity contribution < 1.29 is 4.74 Å². The maximum Gasteiger partial charge on any atom is 0.208 e. The van der Waals surface area contributed by atoms with Crippen LogP contribution in [0.5, 0.6) is 0 Å². The Labute approximate surface area is 117 Å². The Morgan fingerprint density at radius 3 is 2.63 bits per heavy atom. The first-order valence-electron chi connectivity index (χ1n) is 7.68. The number of nitrogens with one attached hydrogen (secondary N) is 1. The summed E-state index contributed by atoms with van der Waals surface area (Å²) < 4.78 is 5.32. The second-order valence-electron chi connectivity index (χ2n) is 4.98. The van der Waals surface area contributed by atoms with E-state index in [1.54, 1.807) is 0 Å². The van der Waals surface area contributed by atoms with Gasteiger partial charge in [0, 0.05) is 32.3 Å². The molecule has 0 aromatic heterocycles. The first-order chi connectivity index (χ1) is 9.33. The van der Waals surface area contributed by atoms with Gasteiger partial charge >= 0.3 is 0 Å². The van der Waals surface area contributed by atoms with E-state index in [2.05, 4.69) is 22.2 Å². The normalized spacial score (nSPS) is 17.5. The number of hydrazine groups is 1. The molecule has 5 nitrogen and oxygen atoms in total. The van der Waals surface area contributed by atoms with Crippen molar-refractivity contribution in [2.45, 2.75) is 58.4 Å². The van der Waals surface area contributed by atoms with E-state index < -0.39 is 0 Å². The van der Waals surface area contributed by atoms with Crippen LogP contribution in [0.2, 0.25) is 0 Å². The van der Waals surface area contributed by atoms with E-state index in [-0.39, 0.29) is 0 Å². The van der Waals surface area contributed by atoms with E-state index in [9.17, 15) is 0 Å². The predicted molar refractivity (Wildman–Crippen MR) is 80.0 cm³/mol. The summed E-state index contributed by atoms with van der Waals surface area (Å²) in [5, 5.41) is 0. The van der Waals surface area contributed by atoms with Gasteiger partial charge in [-0.3, -0.25) is 10.4 Å². The molecule has 0 bridgehead atoms. The van der Waals surface area contributed by atoms with E-state index in [1.165, 1.54) is 32.1 Å². The van der Waals surface area contributed by atoms with Crippen molar-refractivity contribution in [2.75, 3.05) is 26.3 Å². The molecular formula is C14H30N4O. The Morgan fingerprint density at radius 2 is 2.05 bits per heavy atom. The van der Waals surface area contributed by atoms with E-state index in [0.717, 1.165) is 38.7 Å². The number of guanidine groups is 1. The molecule has 0 amide bonds. The average Bonchev–Trinajstić information content (AvgIpc) is 2.47. The van der Waals surface area contributed by atoms with Crippen molar-refractivity contribution in [1.82, 2.24) is 10.3 Å². The Kier molecular flexibility index (Phi) is 8.58. The lowest BCUT2D eigenvalue weighted by Gasteiger charge is -2.35. The Bertz CT molecular complexity index is 252. The molecule has 0 atom stereocenters. The lowest BCUT2D eigenvalue weighted by Crippen LogP contribution is -2.50. The van der Waals surface area contributed by atoms with E-state index >= 15 is 0 Å². The first-order valence-corrected chi connectivity index (χ1v) is 7.68. The fraction of sp³-hybridized carbons (Fsp3) is 0.929. The maximum atomic E-state index is 5.64. The van der Waals surface area contributed by atoms with Crippen LogP contribution in [-0.2, 0) is 4.74 Å². The number of aliphatic imine (C=N–C) groups is 1. The molecule has 3 N–H and O–H groups in total.